The second-order valence-corrected chi connectivity index (χ2v) is 10.6. The van der Waals surface area contributed by atoms with E-state index in [1.54, 1.807) is 24.3 Å². The number of nitrogens with one attached hydrogen (secondary N) is 1. The zero-order valence-corrected chi connectivity index (χ0v) is 22.3. The maximum atomic E-state index is 13.0. The van der Waals surface area contributed by atoms with Crippen molar-refractivity contribution in [2.75, 3.05) is 7.11 Å². The van der Waals surface area contributed by atoms with Gasteiger partial charge in [0.25, 0.3) is 0 Å². The van der Waals surface area contributed by atoms with Gasteiger partial charge in [-0.05, 0) is 30.2 Å². The van der Waals surface area contributed by atoms with Crippen LogP contribution >= 0.6 is 7.92 Å². The van der Waals surface area contributed by atoms with E-state index in [9.17, 15) is 14.4 Å². The summed E-state index contributed by atoms with van der Waals surface area (Å²) in [4.78, 5) is 37.7. The van der Waals surface area contributed by atoms with Gasteiger partial charge in [0.15, 0.2) is 0 Å². The summed E-state index contributed by atoms with van der Waals surface area (Å²) in [7, 11) is 0.148. The quantitative estimate of drug-likeness (QED) is 0.184. The van der Waals surface area contributed by atoms with Crippen molar-refractivity contribution in [3.8, 4) is 5.75 Å². The number of carbonyl (C=O) groups is 3. The first-order chi connectivity index (χ1) is 19.0. The van der Waals surface area contributed by atoms with Crippen molar-refractivity contribution in [2.24, 2.45) is 0 Å². The van der Waals surface area contributed by atoms with E-state index >= 15 is 0 Å². The number of amides is 1. The van der Waals surface area contributed by atoms with Gasteiger partial charge in [-0.1, -0.05) is 109 Å². The summed E-state index contributed by atoms with van der Waals surface area (Å²) in [5.41, 5.74) is 0.784. The standard InChI is InChI=1S/C31H28NO6P/c1-36-30(34)26(32-31(35)37-22-23-13-5-2-6-14-23)21-29(33)38-27-19-11-12-20-28(27)39(24-15-7-3-8-16-24)25-17-9-4-10-18-25/h2-20,26H,21-22H2,1H3,(H,32,35)/t26-/m0/s1. The molecule has 1 amide bonds. The number of hydrogen-bond donors (Lipinski definition) is 1. The second-order valence-electron chi connectivity index (χ2n) is 8.43. The minimum Gasteiger partial charge on any atom is -0.467 e. The van der Waals surface area contributed by atoms with E-state index < -0.39 is 38.4 Å². The molecular weight excluding hydrogens is 513 g/mol. The first-order valence-corrected chi connectivity index (χ1v) is 13.6. The molecule has 0 aliphatic rings. The topological polar surface area (TPSA) is 90.9 Å². The predicted molar refractivity (Wildman–Crippen MR) is 151 cm³/mol. The summed E-state index contributed by atoms with van der Waals surface area (Å²) in [6.45, 7) is 0.0148. The normalized spacial score (nSPS) is 11.3. The molecule has 0 saturated heterocycles. The Morgan fingerprint density at radius 1 is 0.744 bits per heavy atom. The van der Waals surface area contributed by atoms with Crippen LogP contribution in [0.25, 0.3) is 0 Å². The lowest BCUT2D eigenvalue weighted by atomic mass is 10.2. The molecule has 4 aromatic carbocycles. The van der Waals surface area contributed by atoms with Gasteiger partial charge in [0.2, 0.25) is 0 Å². The number of benzene rings is 4. The Morgan fingerprint density at radius 3 is 1.87 bits per heavy atom. The Kier molecular flexibility index (Phi) is 9.81. The molecule has 0 radical (unpaired) electrons. The number of para-hydroxylation sites is 1. The Bertz CT molecular complexity index is 1340. The average Bonchev–Trinajstić information content (AvgIpc) is 2.98. The van der Waals surface area contributed by atoms with E-state index in [0.29, 0.717) is 5.75 Å². The average molecular weight is 542 g/mol. The van der Waals surface area contributed by atoms with E-state index in [-0.39, 0.29) is 6.61 Å². The molecule has 0 saturated carbocycles. The number of hydrogen-bond acceptors (Lipinski definition) is 6. The Hall–Kier alpha value is -4.48. The third kappa shape index (κ3) is 7.76. The molecular formula is C31H28NO6P. The lowest BCUT2D eigenvalue weighted by Gasteiger charge is -2.22. The Labute approximate surface area is 228 Å². The highest BCUT2D eigenvalue weighted by Gasteiger charge is 2.28. The fourth-order valence-corrected chi connectivity index (χ4v) is 6.25. The van der Waals surface area contributed by atoms with E-state index in [2.05, 4.69) is 29.6 Å². The fourth-order valence-electron chi connectivity index (χ4n) is 3.88. The molecule has 0 fully saturated rings. The lowest BCUT2D eigenvalue weighted by molar-refractivity contribution is -0.147. The van der Waals surface area contributed by atoms with Gasteiger partial charge in [-0.25, -0.2) is 9.59 Å². The highest BCUT2D eigenvalue weighted by Crippen LogP contribution is 2.36. The van der Waals surface area contributed by atoms with Crippen molar-refractivity contribution in [2.45, 2.75) is 19.1 Å². The summed E-state index contributed by atoms with van der Waals surface area (Å²) < 4.78 is 15.8. The van der Waals surface area contributed by atoms with E-state index in [1.165, 1.54) is 7.11 Å². The van der Waals surface area contributed by atoms with Crippen LogP contribution in [0.2, 0.25) is 0 Å². The van der Waals surface area contributed by atoms with E-state index in [1.807, 2.05) is 66.7 Å². The molecule has 1 N–H and O–H groups in total. The lowest BCUT2D eigenvalue weighted by Crippen LogP contribution is -2.43. The molecule has 0 spiro atoms. The number of alkyl carbamates (subject to hydrolysis) is 1. The van der Waals surface area contributed by atoms with Gasteiger partial charge in [-0.15, -0.1) is 0 Å². The van der Waals surface area contributed by atoms with Crippen LogP contribution in [-0.4, -0.2) is 31.2 Å². The largest absolute Gasteiger partial charge is 0.467 e. The third-order valence-corrected chi connectivity index (χ3v) is 8.20. The molecule has 198 valence electrons. The highest BCUT2D eigenvalue weighted by molar-refractivity contribution is 7.80. The van der Waals surface area contributed by atoms with Crippen LogP contribution in [0.5, 0.6) is 5.75 Å². The minimum atomic E-state index is -1.28. The van der Waals surface area contributed by atoms with Gasteiger partial charge in [0.05, 0.1) is 13.5 Å². The van der Waals surface area contributed by atoms with Crippen LogP contribution in [0.4, 0.5) is 4.79 Å². The Balaban J connectivity index is 1.50. The van der Waals surface area contributed by atoms with Crippen LogP contribution in [0.1, 0.15) is 12.0 Å². The van der Waals surface area contributed by atoms with Gasteiger partial charge in [-0.2, -0.15) is 0 Å². The summed E-state index contributed by atoms with van der Waals surface area (Å²) in [6, 6.07) is 35.2. The fraction of sp³-hybridized carbons (Fsp3) is 0.129. The third-order valence-electron chi connectivity index (χ3n) is 5.72. The van der Waals surface area contributed by atoms with Crippen molar-refractivity contribution in [1.29, 1.82) is 0 Å². The first-order valence-electron chi connectivity index (χ1n) is 12.3. The minimum absolute atomic E-state index is 0.0148. The summed E-state index contributed by atoms with van der Waals surface area (Å²) in [5.74, 6) is -1.10. The maximum absolute atomic E-state index is 13.0. The number of esters is 2. The summed E-state index contributed by atoms with van der Waals surface area (Å²) in [6.07, 6.45) is -1.28. The number of ether oxygens (including phenoxy) is 3. The smallest absolute Gasteiger partial charge is 0.408 e. The molecule has 0 aliphatic carbocycles. The molecule has 0 unspecified atom stereocenters. The van der Waals surface area contributed by atoms with Gasteiger partial charge >= 0.3 is 18.0 Å². The number of rotatable bonds is 10. The molecule has 4 rings (SSSR count). The van der Waals surface area contributed by atoms with Crippen molar-refractivity contribution in [1.82, 2.24) is 5.32 Å². The van der Waals surface area contributed by atoms with Crippen LogP contribution in [0, 0.1) is 0 Å². The van der Waals surface area contributed by atoms with Gasteiger partial charge in [-0.3, -0.25) is 4.79 Å². The first kappa shape index (κ1) is 27.6. The molecule has 39 heavy (non-hydrogen) atoms. The zero-order valence-electron chi connectivity index (χ0n) is 21.4. The molecule has 0 bridgehead atoms. The molecule has 7 nitrogen and oxygen atoms in total. The second kappa shape index (κ2) is 13.9. The van der Waals surface area contributed by atoms with Crippen molar-refractivity contribution < 1.29 is 28.6 Å². The van der Waals surface area contributed by atoms with Gasteiger partial charge in [0, 0.05) is 5.30 Å². The highest BCUT2D eigenvalue weighted by atomic mass is 31.1. The number of methoxy groups -OCH3 is 1. The van der Waals surface area contributed by atoms with Crippen LogP contribution in [-0.2, 0) is 25.7 Å². The van der Waals surface area contributed by atoms with Gasteiger partial charge < -0.3 is 19.5 Å². The van der Waals surface area contributed by atoms with Gasteiger partial charge in [0.1, 0.15) is 18.4 Å². The summed E-state index contributed by atoms with van der Waals surface area (Å²) in [5, 5.41) is 5.45. The monoisotopic (exact) mass is 541 g/mol. The van der Waals surface area contributed by atoms with E-state index in [4.69, 9.17) is 14.2 Å². The van der Waals surface area contributed by atoms with E-state index in [0.717, 1.165) is 21.5 Å². The van der Waals surface area contributed by atoms with Crippen LogP contribution in [0.15, 0.2) is 115 Å². The van der Waals surface area contributed by atoms with Crippen molar-refractivity contribution >= 4 is 41.9 Å². The Morgan fingerprint density at radius 2 is 1.28 bits per heavy atom. The SMILES string of the molecule is COC(=O)[C@H](CC(=O)Oc1ccccc1P(c1ccccc1)c1ccccc1)NC(=O)OCc1ccccc1. The molecule has 0 aliphatic heterocycles. The van der Waals surface area contributed by atoms with Crippen molar-refractivity contribution in [3.63, 3.8) is 0 Å². The van der Waals surface area contributed by atoms with Crippen LogP contribution in [0.3, 0.4) is 0 Å². The molecule has 0 aromatic heterocycles. The summed E-state index contributed by atoms with van der Waals surface area (Å²) >= 11 is 0. The maximum Gasteiger partial charge on any atom is 0.408 e. The molecule has 1 atom stereocenters. The molecule has 0 heterocycles. The molecule has 8 heteroatoms. The zero-order chi connectivity index (χ0) is 27.5. The number of carbonyl (C=O) groups excluding carboxylic acids is 3. The predicted octanol–water partition coefficient (Wildman–Crippen LogP) is 4.21. The van der Waals surface area contributed by atoms with Crippen molar-refractivity contribution in [3.05, 3.63) is 121 Å². The van der Waals surface area contributed by atoms with Crippen LogP contribution < -0.4 is 26.0 Å². The molecule has 4 aromatic rings.